The van der Waals surface area contributed by atoms with Crippen LogP contribution in [0.15, 0.2) is 54.7 Å². The average molecular weight is 454 g/mol. The summed E-state index contributed by atoms with van der Waals surface area (Å²) >= 11 is 0. The van der Waals surface area contributed by atoms with E-state index in [1.165, 1.54) is 5.06 Å². The van der Waals surface area contributed by atoms with Crippen LogP contribution in [-0.4, -0.2) is 69.0 Å². The van der Waals surface area contributed by atoms with Gasteiger partial charge in [-0.25, -0.2) is 4.79 Å². The lowest BCUT2D eigenvalue weighted by molar-refractivity contribution is -0.202. The standard InChI is InChI=1S/C25H31N3O5/c1-17(2)28(33-25(32)23(30)19-11-5-4-6-12-19)16-21(29)22-18(3)10-9-15-27(22)24(31)20-13-7-8-14-26-20/h4-8,11-14,17-18,21-22,29H,9-10,15-16H2,1-3H3. The van der Waals surface area contributed by atoms with E-state index in [2.05, 4.69) is 4.98 Å². The first-order valence-electron chi connectivity index (χ1n) is 11.3. The van der Waals surface area contributed by atoms with E-state index in [0.717, 1.165) is 12.8 Å². The number of amides is 1. The molecule has 1 aromatic heterocycles. The summed E-state index contributed by atoms with van der Waals surface area (Å²) in [5.41, 5.74) is 0.559. The van der Waals surface area contributed by atoms with Crippen molar-refractivity contribution in [3.63, 3.8) is 0 Å². The van der Waals surface area contributed by atoms with Crippen LogP contribution in [0.2, 0.25) is 0 Å². The number of benzene rings is 1. The molecule has 1 aromatic carbocycles. The van der Waals surface area contributed by atoms with Gasteiger partial charge in [-0.3, -0.25) is 14.6 Å². The van der Waals surface area contributed by atoms with Crippen molar-refractivity contribution in [2.45, 2.75) is 51.8 Å². The number of aromatic nitrogens is 1. The van der Waals surface area contributed by atoms with Crippen LogP contribution in [0.25, 0.3) is 0 Å². The number of likely N-dealkylation sites (tertiary alicyclic amines) is 1. The predicted octanol–water partition coefficient (Wildman–Crippen LogP) is 2.73. The minimum Gasteiger partial charge on any atom is -0.389 e. The number of ketones is 1. The minimum atomic E-state index is -1.01. The summed E-state index contributed by atoms with van der Waals surface area (Å²) in [6, 6.07) is 12.6. The van der Waals surface area contributed by atoms with Crippen LogP contribution in [-0.2, 0) is 9.63 Å². The Bertz CT molecular complexity index is 951. The normalized spacial score (nSPS) is 19.4. The van der Waals surface area contributed by atoms with Gasteiger partial charge >= 0.3 is 5.97 Å². The van der Waals surface area contributed by atoms with Gasteiger partial charge in [0, 0.05) is 24.3 Å². The Morgan fingerprint density at radius 3 is 2.48 bits per heavy atom. The maximum atomic E-state index is 13.1. The Balaban J connectivity index is 1.73. The highest BCUT2D eigenvalue weighted by molar-refractivity contribution is 6.40. The third-order valence-corrected chi connectivity index (χ3v) is 5.90. The van der Waals surface area contributed by atoms with Gasteiger partial charge < -0.3 is 14.8 Å². The molecule has 1 saturated heterocycles. The molecule has 1 aliphatic rings. The molecule has 3 atom stereocenters. The van der Waals surface area contributed by atoms with Gasteiger partial charge in [-0.05, 0) is 44.7 Å². The third kappa shape index (κ3) is 6.03. The quantitative estimate of drug-likeness (QED) is 0.373. The molecule has 0 radical (unpaired) electrons. The minimum absolute atomic E-state index is 0.0352. The molecule has 176 valence electrons. The predicted molar refractivity (Wildman–Crippen MR) is 122 cm³/mol. The van der Waals surface area contributed by atoms with Crippen LogP contribution >= 0.6 is 0 Å². The number of aliphatic hydroxyl groups excluding tert-OH is 1. The summed E-state index contributed by atoms with van der Waals surface area (Å²) in [6.45, 7) is 6.07. The van der Waals surface area contributed by atoms with Crippen LogP contribution in [0.4, 0.5) is 0 Å². The van der Waals surface area contributed by atoms with Crippen molar-refractivity contribution in [2.75, 3.05) is 13.1 Å². The molecule has 3 rings (SSSR count). The zero-order chi connectivity index (χ0) is 24.0. The zero-order valence-corrected chi connectivity index (χ0v) is 19.3. The second-order valence-corrected chi connectivity index (χ2v) is 8.66. The Kier molecular flexibility index (Phi) is 8.30. The van der Waals surface area contributed by atoms with E-state index in [-0.39, 0.29) is 30.0 Å². The van der Waals surface area contributed by atoms with Crippen molar-refractivity contribution in [3.05, 3.63) is 66.0 Å². The van der Waals surface area contributed by atoms with Crippen LogP contribution in [0.1, 0.15) is 54.5 Å². The Hall–Kier alpha value is -3.10. The molecule has 1 fully saturated rings. The maximum Gasteiger partial charge on any atom is 0.398 e. The summed E-state index contributed by atoms with van der Waals surface area (Å²) < 4.78 is 0. The number of Topliss-reactive ketones (excluding diaryl/α,β-unsaturated/α-hetero) is 1. The van der Waals surface area contributed by atoms with E-state index in [9.17, 15) is 19.5 Å². The molecule has 1 amide bonds. The number of pyridine rings is 1. The van der Waals surface area contributed by atoms with Crippen molar-refractivity contribution >= 4 is 17.7 Å². The molecule has 0 bridgehead atoms. The molecule has 8 heteroatoms. The van der Waals surface area contributed by atoms with E-state index in [1.807, 2.05) is 6.92 Å². The molecule has 1 aliphatic heterocycles. The van der Waals surface area contributed by atoms with Crippen molar-refractivity contribution in [1.29, 1.82) is 0 Å². The van der Waals surface area contributed by atoms with Gasteiger partial charge in [-0.15, -0.1) is 5.06 Å². The number of nitrogens with zero attached hydrogens (tertiary/aromatic N) is 3. The van der Waals surface area contributed by atoms with Gasteiger partial charge in [0.25, 0.3) is 11.7 Å². The average Bonchev–Trinajstić information content (AvgIpc) is 2.83. The van der Waals surface area contributed by atoms with Gasteiger partial charge in [-0.2, -0.15) is 0 Å². The maximum absolute atomic E-state index is 13.1. The van der Waals surface area contributed by atoms with Gasteiger partial charge in [-0.1, -0.05) is 43.3 Å². The highest BCUT2D eigenvalue weighted by Gasteiger charge is 2.39. The monoisotopic (exact) mass is 453 g/mol. The van der Waals surface area contributed by atoms with E-state index in [1.54, 1.807) is 73.5 Å². The van der Waals surface area contributed by atoms with Crippen molar-refractivity contribution in [1.82, 2.24) is 14.9 Å². The second kappa shape index (κ2) is 11.2. The number of hydrogen-bond acceptors (Lipinski definition) is 7. The van der Waals surface area contributed by atoms with Gasteiger partial charge in [0.05, 0.1) is 18.7 Å². The second-order valence-electron chi connectivity index (χ2n) is 8.66. The molecule has 0 spiro atoms. The van der Waals surface area contributed by atoms with Gasteiger partial charge in [0.1, 0.15) is 5.69 Å². The van der Waals surface area contributed by atoms with Crippen LogP contribution in [0.3, 0.4) is 0 Å². The number of piperidine rings is 1. The van der Waals surface area contributed by atoms with Crippen LogP contribution in [0, 0.1) is 5.92 Å². The SMILES string of the molecule is CC1CCCN(C(=O)c2ccccn2)C1C(O)CN(OC(=O)C(=O)c1ccccc1)C(C)C. The number of hydrogen-bond donors (Lipinski definition) is 1. The Morgan fingerprint density at radius 2 is 1.85 bits per heavy atom. The lowest BCUT2D eigenvalue weighted by Crippen LogP contribution is -2.57. The summed E-state index contributed by atoms with van der Waals surface area (Å²) in [4.78, 5) is 49.2. The first-order chi connectivity index (χ1) is 15.8. The van der Waals surface area contributed by atoms with Crippen molar-refractivity contribution in [3.8, 4) is 0 Å². The summed E-state index contributed by atoms with van der Waals surface area (Å²) in [7, 11) is 0. The van der Waals surface area contributed by atoms with E-state index >= 15 is 0 Å². The van der Waals surface area contributed by atoms with Gasteiger partial charge in [0.2, 0.25) is 0 Å². The molecule has 3 unspecified atom stereocenters. The fourth-order valence-electron chi connectivity index (χ4n) is 4.17. The molecular formula is C25H31N3O5. The van der Waals surface area contributed by atoms with Crippen LogP contribution in [0.5, 0.6) is 0 Å². The molecule has 8 nitrogen and oxygen atoms in total. The molecular weight excluding hydrogens is 422 g/mol. The largest absolute Gasteiger partial charge is 0.398 e. The zero-order valence-electron chi connectivity index (χ0n) is 19.3. The Morgan fingerprint density at radius 1 is 1.15 bits per heavy atom. The smallest absolute Gasteiger partial charge is 0.389 e. The van der Waals surface area contributed by atoms with Crippen molar-refractivity contribution in [2.24, 2.45) is 5.92 Å². The fraction of sp³-hybridized carbons (Fsp3) is 0.440. The van der Waals surface area contributed by atoms with Crippen molar-refractivity contribution < 1.29 is 24.3 Å². The summed E-state index contributed by atoms with van der Waals surface area (Å²) in [6.07, 6.45) is 2.27. The van der Waals surface area contributed by atoms with Crippen LogP contribution < -0.4 is 0 Å². The topological polar surface area (TPSA) is 100 Å². The molecule has 33 heavy (non-hydrogen) atoms. The third-order valence-electron chi connectivity index (χ3n) is 5.90. The first-order valence-corrected chi connectivity index (χ1v) is 11.3. The van der Waals surface area contributed by atoms with E-state index in [0.29, 0.717) is 12.2 Å². The number of aliphatic hydroxyl groups is 1. The molecule has 0 saturated carbocycles. The van der Waals surface area contributed by atoms with E-state index in [4.69, 9.17) is 4.84 Å². The highest BCUT2D eigenvalue weighted by atomic mass is 16.7. The number of rotatable bonds is 8. The number of hydroxylamine groups is 2. The molecule has 0 aliphatic carbocycles. The number of carbonyl (C=O) groups excluding carboxylic acids is 3. The first kappa shape index (κ1) is 24.5. The number of carbonyl (C=O) groups is 3. The lowest BCUT2D eigenvalue weighted by Gasteiger charge is -2.43. The summed E-state index contributed by atoms with van der Waals surface area (Å²) in [5, 5.41) is 12.5. The van der Waals surface area contributed by atoms with E-state index < -0.39 is 23.9 Å². The molecule has 2 aromatic rings. The molecule has 2 heterocycles. The lowest BCUT2D eigenvalue weighted by atomic mass is 9.86. The Labute approximate surface area is 194 Å². The van der Waals surface area contributed by atoms with Gasteiger partial charge in [0.15, 0.2) is 0 Å². The highest BCUT2D eigenvalue weighted by Crippen LogP contribution is 2.28. The fourth-order valence-corrected chi connectivity index (χ4v) is 4.17. The molecule has 1 N–H and O–H groups in total. The summed E-state index contributed by atoms with van der Waals surface area (Å²) in [5.74, 6) is -1.97.